The second kappa shape index (κ2) is 8.17. The van der Waals surface area contributed by atoms with Crippen LogP contribution in [0.2, 0.25) is 0 Å². The average Bonchev–Trinajstić information content (AvgIpc) is 3.12. The summed E-state index contributed by atoms with van der Waals surface area (Å²) in [5.74, 6) is -0.788. The number of benzene rings is 2. The highest BCUT2D eigenvalue weighted by molar-refractivity contribution is 7.89. The van der Waals surface area contributed by atoms with Gasteiger partial charge in [-0.05, 0) is 23.8 Å². The van der Waals surface area contributed by atoms with Gasteiger partial charge in [-0.2, -0.15) is 0 Å². The maximum atomic E-state index is 13.6. The first-order chi connectivity index (χ1) is 13.3. The van der Waals surface area contributed by atoms with Gasteiger partial charge in [0.1, 0.15) is 5.82 Å². The van der Waals surface area contributed by atoms with Crippen LogP contribution < -0.4 is 5.32 Å². The summed E-state index contributed by atoms with van der Waals surface area (Å²) in [5, 5.41) is 4.81. The van der Waals surface area contributed by atoms with E-state index in [9.17, 15) is 17.6 Å². The topological polar surface area (TPSA) is 79.4 Å². The van der Waals surface area contributed by atoms with Crippen LogP contribution in [0.1, 0.15) is 5.56 Å². The fourth-order valence-corrected chi connectivity index (χ4v) is 4.09. The molecule has 0 aliphatic heterocycles. The van der Waals surface area contributed by atoms with Crippen molar-refractivity contribution in [3.8, 4) is 11.3 Å². The lowest BCUT2D eigenvalue weighted by Crippen LogP contribution is -2.22. The van der Waals surface area contributed by atoms with Crippen LogP contribution in [0, 0.1) is 5.82 Å². The maximum absolute atomic E-state index is 13.6. The number of carbonyl (C=O) groups is 1. The molecule has 0 saturated carbocycles. The predicted molar refractivity (Wildman–Crippen MR) is 107 cm³/mol. The number of carbonyl (C=O) groups excluding carboxylic acids is 1. The Morgan fingerprint density at radius 2 is 1.82 bits per heavy atom. The molecule has 6 nitrogen and oxygen atoms in total. The molecule has 0 atom stereocenters. The lowest BCUT2D eigenvalue weighted by Gasteiger charge is -2.11. The van der Waals surface area contributed by atoms with Crippen LogP contribution >= 0.6 is 11.3 Å². The number of hydrogen-bond acceptors (Lipinski definition) is 5. The summed E-state index contributed by atoms with van der Waals surface area (Å²) in [6, 6.07) is 12.5. The Morgan fingerprint density at radius 3 is 2.46 bits per heavy atom. The molecule has 0 unspecified atom stereocenters. The molecule has 146 valence electrons. The van der Waals surface area contributed by atoms with Gasteiger partial charge < -0.3 is 5.32 Å². The third-order valence-electron chi connectivity index (χ3n) is 3.99. The molecule has 9 heteroatoms. The molecular formula is C19H18FN3O3S2. The number of amides is 1. The molecule has 0 aliphatic rings. The number of hydrogen-bond donors (Lipinski definition) is 1. The molecule has 1 amide bonds. The monoisotopic (exact) mass is 419 g/mol. The molecule has 0 radical (unpaired) electrons. The predicted octanol–water partition coefficient (Wildman–Crippen LogP) is 3.38. The van der Waals surface area contributed by atoms with Crippen molar-refractivity contribution in [3.05, 3.63) is 65.3 Å². The molecule has 3 rings (SSSR count). The fraction of sp³-hybridized carbons (Fsp3) is 0.158. The van der Waals surface area contributed by atoms with Crippen LogP contribution in [0.25, 0.3) is 11.3 Å². The number of halogens is 1. The van der Waals surface area contributed by atoms with Crippen molar-refractivity contribution in [1.82, 2.24) is 9.29 Å². The first-order valence-corrected chi connectivity index (χ1v) is 10.6. The zero-order valence-corrected chi connectivity index (χ0v) is 16.8. The maximum Gasteiger partial charge on any atom is 0.242 e. The van der Waals surface area contributed by atoms with E-state index in [4.69, 9.17) is 0 Å². The third-order valence-corrected chi connectivity index (χ3v) is 6.58. The number of thiazole rings is 1. The van der Waals surface area contributed by atoms with Gasteiger partial charge in [-0.15, -0.1) is 11.3 Å². The minimum Gasteiger partial charge on any atom is -0.302 e. The SMILES string of the molecule is CN(C)S(=O)(=O)c1ccc(-c2csc(NC(=O)Cc3ccccc3F)n2)cc1. The second-order valence-corrected chi connectivity index (χ2v) is 9.18. The first kappa shape index (κ1) is 20.1. The molecule has 2 aromatic carbocycles. The van der Waals surface area contributed by atoms with Gasteiger partial charge >= 0.3 is 0 Å². The van der Waals surface area contributed by atoms with Gasteiger partial charge in [0.2, 0.25) is 15.9 Å². The van der Waals surface area contributed by atoms with Crippen LogP contribution in [-0.4, -0.2) is 37.7 Å². The van der Waals surface area contributed by atoms with Crippen LogP contribution in [0.4, 0.5) is 9.52 Å². The van der Waals surface area contributed by atoms with E-state index in [1.165, 1.54) is 43.6 Å². The molecular weight excluding hydrogens is 401 g/mol. The van der Waals surface area contributed by atoms with Crippen molar-refractivity contribution in [2.24, 2.45) is 0 Å². The Bertz CT molecular complexity index is 1090. The number of aromatic nitrogens is 1. The summed E-state index contributed by atoms with van der Waals surface area (Å²) in [6.07, 6.45) is -0.0846. The number of nitrogens with one attached hydrogen (secondary N) is 1. The first-order valence-electron chi connectivity index (χ1n) is 8.29. The fourth-order valence-electron chi connectivity index (χ4n) is 2.45. The van der Waals surface area contributed by atoms with E-state index < -0.39 is 15.8 Å². The lowest BCUT2D eigenvalue weighted by molar-refractivity contribution is -0.115. The quantitative estimate of drug-likeness (QED) is 0.664. The molecule has 0 aliphatic carbocycles. The Morgan fingerprint density at radius 1 is 1.14 bits per heavy atom. The van der Waals surface area contributed by atoms with Crippen molar-refractivity contribution in [2.75, 3.05) is 19.4 Å². The number of anilines is 1. The molecule has 0 bridgehead atoms. The van der Waals surface area contributed by atoms with Gasteiger partial charge in [-0.3, -0.25) is 4.79 Å². The summed E-state index contributed by atoms with van der Waals surface area (Å²) >= 11 is 1.24. The van der Waals surface area contributed by atoms with Crippen molar-refractivity contribution in [2.45, 2.75) is 11.3 Å². The highest BCUT2D eigenvalue weighted by Gasteiger charge is 2.17. The molecule has 1 heterocycles. The summed E-state index contributed by atoms with van der Waals surface area (Å²) in [5.41, 5.74) is 1.65. The van der Waals surface area contributed by atoms with Gasteiger partial charge in [-0.25, -0.2) is 22.1 Å². The van der Waals surface area contributed by atoms with E-state index in [0.717, 1.165) is 9.87 Å². The molecule has 1 aromatic heterocycles. The minimum atomic E-state index is -3.49. The zero-order valence-electron chi connectivity index (χ0n) is 15.2. The molecule has 0 fully saturated rings. The Kier molecular flexibility index (Phi) is 5.87. The van der Waals surface area contributed by atoms with E-state index >= 15 is 0 Å². The summed E-state index contributed by atoms with van der Waals surface area (Å²) < 4.78 is 39.0. The van der Waals surface area contributed by atoms with Gasteiger partial charge in [0, 0.05) is 25.0 Å². The van der Waals surface area contributed by atoms with Crippen molar-refractivity contribution >= 4 is 32.4 Å². The normalized spacial score (nSPS) is 11.6. The van der Waals surface area contributed by atoms with E-state index in [1.54, 1.807) is 35.7 Å². The molecule has 0 spiro atoms. The Labute approximate surface area is 166 Å². The van der Waals surface area contributed by atoms with Crippen molar-refractivity contribution in [3.63, 3.8) is 0 Å². The number of rotatable bonds is 6. The molecule has 28 heavy (non-hydrogen) atoms. The van der Waals surface area contributed by atoms with E-state index in [0.29, 0.717) is 16.4 Å². The summed E-state index contributed by atoms with van der Waals surface area (Å²) in [6.45, 7) is 0. The highest BCUT2D eigenvalue weighted by atomic mass is 32.2. The average molecular weight is 420 g/mol. The summed E-state index contributed by atoms with van der Waals surface area (Å²) in [7, 11) is -0.548. The van der Waals surface area contributed by atoms with Crippen LogP contribution in [0.5, 0.6) is 0 Å². The van der Waals surface area contributed by atoms with Gasteiger partial charge in [-0.1, -0.05) is 30.3 Å². The molecule has 0 saturated heterocycles. The highest BCUT2D eigenvalue weighted by Crippen LogP contribution is 2.26. The van der Waals surface area contributed by atoms with Gasteiger partial charge in [0.05, 0.1) is 17.0 Å². The van der Waals surface area contributed by atoms with Gasteiger partial charge in [0.15, 0.2) is 5.13 Å². The van der Waals surface area contributed by atoms with E-state index in [2.05, 4.69) is 10.3 Å². The van der Waals surface area contributed by atoms with Crippen LogP contribution in [0.3, 0.4) is 0 Å². The van der Waals surface area contributed by atoms with Crippen molar-refractivity contribution in [1.29, 1.82) is 0 Å². The minimum absolute atomic E-state index is 0.0846. The summed E-state index contributed by atoms with van der Waals surface area (Å²) in [4.78, 5) is 16.7. The van der Waals surface area contributed by atoms with Crippen LogP contribution in [0.15, 0.2) is 58.8 Å². The zero-order chi connectivity index (χ0) is 20.3. The third kappa shape index (κ3) is 4.44. The van der Waals surface area contributed by atoms with E-state index in [1.807, 2.05) is 0 Å². The smallest absolute Gasteiger partial charge is 0.242 e. The number of nitrogens with zero attached hydrogens (tertiary/aromatic N) is 2. The van der Waals surface area contributed by atoms with E-state index in [-0.39, 0.29) is 17.2 Å². The Balaban J connectivity index is 1.70. The van der Waals surface area contributed by atoms with Crippen LogP contribution in [-0.2, 0) is 21.2 Å². The molecule has 1 N–H and O–H groups in total. The Hall–Kier alpha value is -2.62. The molecule has 3 aromatic rings. The second-order valence-electron chi connectivity index (χ2n) is 6.17. The van der Waals surface area contributed by atoms with Crippen molar-refractivity contribution < 1.29 is 17.6 Å². The standard InChI is InChI=1S/C19H18FN3O3S2/c1-23(2)28(25,26)15-9-7-13(8-10-15)17-12-27-19(21-17)22-18(24)11-14-5-3-4-6-16(14)20/h3-10,12H,11H2,1-2H3,(H,21,22,24). The van der Waals surface area contributed by atoms with Gasteiger partial charge in [0.25, 0.3) is 0 Å². The number of sulfonamides is 1. The lowest BCUT2D eigenvalue weighted by atomic mass is 10.1. The largest absolute Gasteiger partial charge is 0.302 e.